The molecule has 0 unspecified atom stereocenters. The van der Waals surface area contributed by atoms with E-state index in [1.165, 1.54) is 11.5 Å². The van der Waals surface area contributed by atoms with Crippen LogP contribution < -0.4 is 0 Å². The molecule has 1 aliphatic rings. The molecule has 0 saturated carbocycles. The van der Waals surface area contributed by atoms with Crippen molar-refractivity contribution in [1.82, 2.24) is 24.5 Å². The molecule has 1 fully saturated rings. The first kappa shape index (κ1) is 15.0. The van der Waals surface area contributed by atoms with E-state index in [1.807, 2.05) is 28.6 Å². The molecule has 0 atom stereocenters. The maximum absolute atomic E-state index is 12.4. The molecule has 0 spiro atoms. The number of H-pyrrole nitrogens is 1. The number of nitrogens with zero attached hydrogens (tertiary/aromatic N) is 4. The molecular formula is C17H17N5OS. The molecule has 4 rings (SSSR count). The summed E-state index contributed by atoms with van der Waals surface area (Å²) in [6, 6.07) is 3.99. The molecule has 0 aliphatic carbocycles. The van der Waals surface area contributed by atoms with Gasteiger partial charge in [-0.1, -0.05) is 0 Å². The van der Waals surface area contributed by atoms with Crippen LogP contribution >= 0.6 is 11.5 Å². The topological polar surface area (TPSA) is 74.8 Å². The summed E-state index contributed by atoms with van der Waals surface area (Å²) < 4.78 is 4.01. The summed E-state index contributed by atoms with van der Waals surface area (Å²) in [7, 11) is 0. The molecule has 122 valence electrons. The van der Waals surface area contributed by atoms with Gasteiger partial charge in [0.25, 0.3) is 5.91 Å². The van der Waals surface area contributed by atoms with Gasteiger partial charge in [0.05, 0.1) is 18.0 Å². The van der Waals surface area contributed by atoms with E-state index in [0.717, 1.165) is 42.8 Å². The van der Waals surface area contributed by atoms with Crippen molar-refractivity contribution in [2.75, 3.05) is 13.1 Å². The maximum atomic E-state index is 12.4. The van der Waals surface area contributed by atoms with Crippen LogP contribution in [-0.2, 0) is 0 Å². The van der Waals surface area contributed by atoms with Crippen LogP contribution in [0.15, 0.2) is 42.3 Å². The Morgan fingerprint density at radius 2 is 2.00 bits per heavy atom. The first-order valence-electron chi connectivity index (χ1n) is 7.95. The molecular weight excluding hydrogens is 322 g/mol. The number of amides is 1. The summed E-state index contributed by atoms with van der Waals surface area (Å²) in [4.78, 5) is 18.4. The van der Waals surface area contributed by atoms with Crippen molar-refractivity contribution in [3.05, 3.63) is 53.6 Å². The van der Waals surface area contributed by atoms with Crippen molar-refractivity contribution >= 4 is 17.4 Å². The van der Waals surface area contributed by atoms with Gasteiger partial charge in [-0.2, -0.15) is 5.10 Å². The fraction of sp³-hybridized carbons (Fsp3) is 0.294. The summed E-state index contributed by atoms with van der Waals surface area (Å²) in [5.74, 6) is 0.474. The molecule has 1 amide bonds. The zero-order valence-electron chi connectivity index (χ0n) is 13.1. The number of nitrogens with one attached hydrogen (secondary N) is 1. The minimum Gasteiger partial charge on any atom is -0.339 e. The fourth-order valence-electron chi connectivity index (χ4n) is 3.23. The highest BCUT2D eigenvalue weighted by Crippen LogP contribution is 2.33. The minimum absolute atomic E-state index is 0.0844. The third-order valence-corrected chi connectivity index (χ3v) is 5.12. The lowest BCUT2D eigenvalue weighted by Gasteiger charge is -2.31. The maximum Gasteiger partial charge on any atom is 0.256 e. The monoisotopic (exact) mass is 339 g/mol. The fourth-order valence-corrected chi connectivity index (χ4v) is 3.74. The molecule has 1 saturated heterocycles. The second-order valence-electron chi connectivity index (χ2n) is 5.91. The summed E-state index contributed by atoms with van der Waals surface area (Å²) in [5, 5.41) is 9.21. The second kappa shape index (κ2) is 6.52. The Morgan fingerprint density at radius 3 is 2.71 bits per heavy atom. The van der Waals surface area contributed by atoms with Crippen LogP contribution in [0.3, 0.4) is 0 Å². The second-order valence-corrected chi connectivity index (χ2v) is 6.57. The standard InChI is InChI=1S/C17H17N5OS/c23-17(14-9-20-24-11-14)22-7-3-13(4-8-22)16-15(10-19-21-16)12-1-5-18-6-2-12/h1-2,5-6,9-11,13H,3-4,7-8H2,(H,19,21). The molecule has 3 aromatic heterocycles. The molecule has 0 radical (unpaired) electrons. The third-order valence-electron chi connectivity index (χ3n) is 4.53. The van der Waals surface area contributed by atoms with Crippen LogP contribution in [0.4, 0.5) is 0 Å². The summed E-state index contributed by atoms with van der Waals surface area (Å²) in [5.41, 5.74) is 4.10. The van der Waals surface area contributed by atoms with Crippen molar-refractivity contribution in [3.8, 4) is 11.1 Å². The Labute approximate surface area is 143 Å². The normalized spacial score (nSPS) is 15.6. The lowest BCUT2D eigenvalue weighted by atomic mass is 9.89. The van der Waals surface area contributed by atoms with Crippen molar-refractivity contribution in [2.45, 2.75) is 18.8 Å². The van der Waals surface area contributed by atoms with Gasteiger partial charge < -0.3 is 4.90 Å². The molecule has 7 heteroatoms. The van der Waals surface area contributed by atoms with Crippen molar-refractivity contribution in [2.24, 2.45) is 0 Å². The van der Waals surface area contributed by atoms with Crippen LogP contribution in [0.5, 0.6) is 0 Å². The summed E-state index contributed by atoms with van der Waals surface area (Å²) in [6.45, 7) is 1.52. The van der Waals surface area contributed by atoms with Gasteiger partial charge in [0.15, 0.2) is 0 Å². The van der Waals surface area contributed by atoms with E-state index in [0.29, 0.717) is 11.5 Å². The zero-order valence-corrected chi connectivity index (χ0v) is 13.9. The quantitative estimate of drug-likeness (QED) is 0.796. The van der Waals surface area contributed by atoms with Gasteiger partial charge in [-0.3, -0.25) is 14.9 Å². The number of carbonyl (C=O) groups is 1. The van der Waals surface area contributed by atoms with E-state index in [-0.39, 0.29) is 5.91 Å². The Hall–Kier alpha value is -2.54. The van der Waals surface area contributed by atoms with E-state index in [9.17, 15) is 4.79 Å². The predicted molar refractivity (Wildman–Crippen MR) is 91.8 cm³/mol. The van der Waals surface area contributed by atoms with E-state index in [1.54, 1.807) is 18.6 Å². The lowest BCUT2D eigenvalue weighted by molar-refractivity contribution is 0.0712. The van der Waals surface area contributed by atoms with Gasteiger partial charge in [-0.15, -0.1) is 0 Å². The Bertz CT molecular complexity index is 807. The minimum atomic E-state index is 0.0844. The SMILES string of the molecule is O=C(c1cnsc1)N1CCC(c2[nH]ncc2-c2ccncc2)CC1. The van der Waals surface area contributed by atoms with Gasteiger partial charge >= 0.3 is 0 Å². The number of piperidine rings is 1. The average molecular weight is 339 g/mol. The lowest BCUT2D eigenvalue weighted by Crippen LogP contribution is -2.37. The van der Waals surface area contributed by atoms with E-state index < -0.39 is 0 Å². The smallest absolute Gasteiger partial charge is 0.256 e. The van der Waals surface area contributed by atoms with Gasteiger partial charge in [-0.05, 0) is 42.1 Å². The van der Waals surface area contributed by atoms with Crippen LogP contribution in [0.25, 0.3) is 11.1 Å². The number of pyridine rings is 1. The highest BCUT2D eigenvalue weighted by atomic mass is 32.1. The summed E-state index contributed by atoms with van der Waals surface area (Å²) >= 11 is 1.31. The van der Waals surface area contributed by atoms with Crippen molar-refractivity contribution in [3.63, 3.8) is 0 Å². The first-order valence-corrected chi connectivity index (χ1v) is 8.79. The molecule has 1 N–H and O–H groups in total. The highest BCUT2D eigenvalue weighted by molar-refractivity contribution is 7.03. The predicted octanol–water partition coefficient (Wildman–Crippen LogP) is 2.95. The van der Waals surface area contributed by atoms with Crippen LogP contribution in [0, 0.1) is 0 Å². The Morgan fingerprint density at radius 1 is 1.21 bits per heavy atom. The number of rotatable bonds is 3. The van der Waals surface area contributed by atoms with Crippen molar-refractivity contribution < 1.29 is 4.79 Å². The van der Waals surface area contributed by atoms with Gasteiger partial charge in [0.2, 0.25) is 0 Å². The molecule has 0 bridgehead atoms. The highest BCUT2D eigenvalue weighted by Gasteiger charge is 2.27. The third kappa shape index (κ3) is 2.82. The molecule has 3 aromatic rings. The Kier molecular flexibility index (Phi) is 4.08. The average Bonchev–Trinajstić information content (AvgIpc) is 3.34. The number of carbonyl (C=O) groups excluding carboxylic acids is 1. The summed E-state index contributed by atoms with van der Waals surface area (Å²) in [6.07, 6.45) is 8.98. The van der Waals surface area contributed by atoms with Gasteiger partial charge in [0, 0.05) is 48.0 Å². The zero-order chi connectivity index (χ0) is 16.4. The Balaban J connectivity index is 1.47. The van der Waals surface area contributed by atoms with E-state index in [4.69, 9.17) is 0 Å². The van der Waals surface area contributed by atoms with Crippen molar-refractivity contribution in [1.29, 1.82) is 0 Å². The number of likely N-dealkylation sites (tertiary alicyclic amines) is 1. The van der Waals surface area contributed by atoms with Gasteiger partial charge in [0.1, 0.15) is 0 Å². The molecule has 24 heavy (non-hydrogen) atoms. The molecule has 1 aliphatic heterocycles. The number of hydrogen-bond acceptors (Lipinski definition) is 5. The molecule has 4 heterocycles. The molecule has 6 nitrogen and oxygen atoms in total. The van der Waals surface area contributed by atoms with E-state index >= 15 is 0 Å². The first-order chi connectivity index (χ1) is 11.8. The molecule has 0 aromatic carbocycles. The number of aromatic amines is 1. The largest absolute Gasteiger partial charge is 0.339 e. The number of hydrogen-bond donors (Lipinski definition) is 1. The van der Waals surface area contributed by atoms with E-state index in [2.05, 4.69) is 19.6 Å². The number of aromatic nitrogens is 4. The van der Waals surface area contributed by atoms with Crippen LogP contribution in [0.2, 0.25) is 0 Å². The van der Waals surface area contributed by atoms with Gasteiger partial charge in [-0.25, -0.2) is 4.37 Å². The van der Waals surface area contributed by atoms with Crippen LogP contribution in [-0.4, -0.2) is 43.5 Å². The van der Waals surface area contributed by atoms with Crippen LogP contribution in [0.1, 0.15) is 34.8 Å².